The van der Waals surface area contributed by atoms with E-state index in [2.05, 4.69) is 17.6 Å². The second-order valence-corrected chi connectivity index (χ2v) is 8.35. The van der Waals surface area contributed by atoms with Crippen LogP contribution in [0.25, 0.3) is 0 Å². The fourth-order valence-corrected chi connectivity index (χ4v) is 3.97. The molecule has 0 spiro atoms. The normalized spacial score (nSPS) is 19.1. The number of likely N-dealkylation sites (tertiary alicyclic amines) is 1. The molecule has 2 N–H and O–H groups in total. The molecule has 2 aliphatic heterocycles. The van der Waals surface area contributed by atoms with E-state index < -0.39 is 0 Å². The summed E-state index contributed by atoms with van der Waals surface area (Å²) in [5.41, 5.74) is 0.205. The van der Waals surface area contributed by atoms with Crippen LogP contribution in [0.5, 0.6) is 5.75 Å². The molecule has 29 heavy (non-hydrogen) atoms. The van der Waals surface area contributed by atoms with Crippen LogP contribution in [0, 0.1) is 11.3 Å². The van der Waals surface area contributed by atoms with Crippen LogP contribution in [0.15, 0.2) is 30.3 Å². The van der Waals surface area contributed by atoms with Crippen LogP contribution < -0.4 is 15.4 Å². The lowest BCUT2D eigenvalue weighted by atomic mass is 9.81. The van der Waals surface area contributed by atoms with Gasteiger partial charge >= 0.3 is 0 Å². The van der Waals surface area contributed by atoms with Crippen molar-refractivity contribution < 1.29 is 14.3 Å². The maximum Gasteiger partial charge on any atom is 0.225 e. The highest BCUT2D eigenvalue weighted by Crippen LogP contribution is 2.27. The second kappa shape index (κ2) is 11.4. The van der Waals surface area contributed by atoms with Crippen molar-refractivity contribution in [3.63, 3.8) is 0 Å². The minimum atomic E-state index is 0. The third kappa shape index (κ3) is 7.19. The summed E-state index contributed by atoms with van der Waals surface area (Å²) < 4.78 is 5.61. The number of carbonyl (C=O) groups is 2. The van der Waals surface area contributed by atoms with Crippen molar-refractivity contribution in [2.75, 3.05) is 39.3 Å². The van der Waals surface area contributed by atoms with Crippen LogP contribution in [0.1, 0.15) is 39.0 Å². The number of piperidine rings is 2. The lowest BCUT2D eigenvalue weighted by Gasteiger charge is -2.35. The van der Waals surface area contributed by atoms with Gasteiger partial charge in [0.2, 0.25) is 11.8 Å². The maximum absolute atomic E-state index is 12.5. The predicted octanol–water partition coefficient (Wildman–Crippen LogP) is 2.62. The molecule has 2 aliphatic rings. The molecule has 1 aromatic rings. The Balaban J connectivity index is 0.00000300. The van der Waals surface area contributed by atoms with Crippen molar-refractivity contribution in [2.24, 2.45) is 11.3 Å². The number of benzene rings is 1. The Kier molecular flexibility index (Phi) is 9.24. The fraction of sp³-hybridized carbons (Fsp3) is 0.636. The van der Waals surface area contributed by atoms with Gasteiger partial charge in [0.25, 0.3) is 0 Å². The van der Waals surface area contributed by atoms with E-state index in [-0.39, 0.29) is 35.6 Å². The fourth-order valence-electron chi connectivity index (χ4n) is 3.97. The number of carbonyl (C=O) groups excluding carboxylic acids is 2. The van der Waals surface area contributed by atoms with Gasteiger partial charge in [0.1, 0.15) is 5.75 Å². The highest BCUT2D eigenvalue weighted by Gasteiger charge is 2.30. The minimum Gasteiger partial charge on any atom is -0.493 e. The summed E-state index contributed by atoms with van der Waals surface area (Å²) in [5, 5.41) is 6.54. The summed E-state index contributed by atoms with van der Waals surface area (Å²) in [6.07, 6.45) is 4.07. The third-order valence-corrected chi connectivity index (χ3v) is 6.05. The summed E-state index contributed by atoms with van der Waals surface area (Å²) in [6.45, 7) is 6.77. The van der Waals surface area contributed by atoms with Crippen LogP contribution in [0.3, 0.4) is 0 Å². The van der Waals surface area contributed by atoms with E-state index in [4.69, 9.17) is 4.74 Å². The monoisotopic (exact) mass is 423 g/mol. The van der Waals surface area contributed by atoms with Crippen molar-refractivity contribution in [3.05, 3.63) is 30.3 Å². The van der Waals surface area contributed by atoms with Gasteiger partial charge in [-0.2, -0.15) is 0 Å². The molecule has 162 valence electrons. The van der Waals surface area contributed by atoms with E-state index >= 15 is 0 Å². The van der Waals surface area contributed by atoms with Gasteiger partial charge in [0.15, 0.2) is 0 Å². The van der Waals surface area contributed by atoms with Gasteiger partial charge in [-0.05, 0) is 56.3 Å². The zero-order valence-electron chi connectivity index (χ0n) is 17.3. The summed E-state index contributed by atoms with van der Waals surface area (Å²) in [6, 6.07) is 9.54. The lowest BCUT2D eigenvalue weighted by molar-refractivity contribution is -0.136. The first kappa shape index (κ1) is 23.5. The van der Waals surface area contributed by atoms with Gasteiger partial charge in [0.05, 0.1) is 13.0 Å². The number of para-hydroxylation sites is 1. The summed E-state index contributed by atoms with van der Waals surface area (Å²) in [5.74, 6) is 1.07. The summed E-state index contributed by atoms with van der Waals surface area (Å²) in [4.78, 5) is 26.8. The first-order valence-corrected chi connectivity index (χ1v) is 10.5. The van der Waals surface area contributed by atoms with Gasteiger partial charge in [-0.15, -0.1) is 12.4 Å². The molecule has 2 saturated heterocycles. The van der Waals surface area contributed by atoms with Crippen molar-refractivity contribution in [1.29, 1.82) is 0 Å². The Labute approximate surface area is 180 Å². The SMILES string of the molecule is CC1(CNC(=O)C2CCN(C(=O)CCOc3ccccc3)CC2)CCNCC1.Cl. The zero-order valence-corrected chi connectivity index (χ0v) is 18.1. The Morgan fingerprint density at radius 2 is 1.83 bits per heavy atom. The molecule has 0 unspecified atom stereocenters. The van der Waals surface area contributed by atoms with Crippen LogP contribution in [-0.4, -0.2) is 56.0 Å². The van der Waals surface area contributed by atoms with E-state index in [0.29, 0.717) is 26.1 Å². The van der Waals surface area contributed by atoms with E-state index in [1.54, 1.807) is 0 Å². The Morgan fingerprint density at radius 1 is 1.17 bits per heavy atom. The number of rotatable bonds is 7. The zero-order chi connectivity index (χ0) is 19.8. The van der Waals surface area contributed by atoms with Crippen molar-refractivity contribution >= 4 is 24.2 Å². The standard InChI is InChI=1S/C22H33N3O3.ClH/c1-22(10-12-23-13-11-22)17-24-21(27)18-7-14-25(15-8-18)20(26)9-16-28-19-5-3-2-4-6-19;/h2-6,18,23H,7-17H2,1H3,(H,24,27);1H. The van der Waals surface area contributed by atoms with Crippen LogP contribution in [-0.2, 0) is 9.59 Å². The first-order valence-electron chi connectivity index (χ1n) is 10.5. The quantitative estimate of drug-likeness (QED) is 0.707. The maximum atomic E-state index is 12.5. The lowest BCUT2D eigenvalue weighted by Crippen LogP contribution is -2.47. The number of hydrogen-bond acceptors (Lipinski definition) is 4. The highest BCUT2D eigenvalue weighted by molar-refractivity contribution is 5.85. The average molecular weight is 424 g/mol. The molecule has 0 radical (unpaired) electrons. The number of ether oxygens (including phenoxy) is 1. The van der Waals surface area contributed by atoms with Crippen molar-refractivity contribution in [3.8, 4) is 5.75 Å². The molecule has 7 heteroatoms. The molecule has 2 amide bonds. The smallest absolute Gasteiger partial charge is 0.225 e. The molecule has 0 aromatic heterocycles. The topological polar surface area (TPSA) is 70.7 Å². The van der Waals surface area contributed by atoms with Gasteiger partial charge in [-0.1, -0.05) is 25.1 Å². The number of halogens is 1. The number of amides is 2. The van der Waals surface area contributed by atoms with Crippen molar-refractivity contribution in [2.45, 2.75) is 39.0 Å². The molecular formula is C22H34ClN3O3. The van der Waals surface area contributed by atoms with Gasteiger partial charge in [0, 0.05) is 25.6 Å². The summed E-state index contributed by atoms with van der Waals surface area (Å²) >= 11 is 0. The van der Waals surface area contributed by atoms with E-state index in [1.165, 1.54) is 0 Å². The predicted molar refractivity (Wildman–Crippen MR) is 116 cm³/mol. The molecule has 1 aromatic carbocycles. The average Bonchev–Trinajstić information content (AvgIpc) is 2.73. The Morgan fingerprint density at radius 3 is 2.48 bits per heavy atom. The molecular weight excluding hydrogens is 390 g/mol. The number of hydrogen-bond donors (Lipinski definition) is 2. The summed E-state index contributed by atoms with van der Waals surface area (Å²) in [7, 11) is 0. The highest BCUT2D eigenvalue weighted by atomic mass is 35.5. The molecule has 2 fully saturated rings. The second-order valence-electron chi connectivity index (χ2n) is 8.35. The molecule has 3 rings (SSSR count). The first-order chi connectivity index (χ1) is 13.6. The minimum absolute atomic E-state index is 0. The largest absolute Gasteiger partial charge is 0.493 e. The molecule has 0 saturated carbocycles. The van der Waals surface area contributed by atoms with Gasteiger partial charge in [-0.25, -0.2) is 0 Å². The van der Waals surface area contributed by atoms with Crippen LogP contribution in [0.4, 0.5) is 0 Å². The van der Waals surface area contributed by atoms with E-state index in [9.17, 15) is 9.59 Å². The molecule has 0 aliphatic carbocycles. The number of nitrogens with one attached hydrogen (secondary N) is 2. The molecule has 0 atom stereocenters. The van der Waals surface area contributed by atoms with Gasteiger partial charge < -0.3 is 20.3 Å². The van der Waals surface area contributed by atoms with Crippen LogP contribution >= 0.6 is 12.4 Å². The Bertz CT molecular complexity index is 642. The molecule has 6 nitrogen and oxygen atoms in total. The van der Waals surface area contributed by atoms with E-state index in [1.807, 2.05) is 35.2 Å². The number of nitrogens with zero attached hydrogens (tertiary/aromatic N) is 1. The Hall–Kier alpha value is -1.79. The van der Waals surface area contributed by atoms with Gasteiger partial charge in [-0.3, -0.25) is 9.59 Å². The van der Waals surface area contributed by atoms with Crippen molar-refractivity contribution in [1.82, 2.24) is 15.5 Å². The molecule has 0 bridgehead atoms. The van der Waals surface area contributed by atoms with E-state index in [0.717, 1.165) is 51.1 Å². The third-order valence-electron chi connectivity index (χ3n) is 6.05. The van der Waals surface area contributed by atoms with Crippen LogP contribution in [0.2, 0.25) is 0 Å². The molecule has 2 heterocycles.